The van der Waals surface area contributed by atoms with E-state index in [4.69, 9.17) is 22.7 Å². The first-order valence-electron chi connectivity index (χ1n) is 5.53. The second-order valence-corrected chi connectivity index (χ2v) is 4.86. The monoisotopic (exact) mass is 251 g/mol. The topological polar surface area (TPSA) is 52.3 Å². The van der Waals surface area contributed by atoms with Gasteiger partial charge in [-0.15, -0.1) is 0 Å². The van der Waals surface area contributed by atoms with E-state index in [1.807, 2.05) is 19.9 Å². The number of esters is 1. The standard InChI is InChI=1S/C13H17NO2S/c1-9(2)8-16-13(15)11-5-3-4-10(6-11)7-12(14)17/h3-6,9H,7-8H2,1-2H3,(H2,14,17). The molecule has 4 heteroatoms. The summed E-state index contributed by atoms with van der Waals surface area (Å²) in [5.74, 6) is 0.0299. The quantitative estimate of drug-likeness (QED) is 0.644. The molecule has 0 saturated carbocycles. The molecule has 1 aromatic rings. The third-order valence-corrected chi connectivity index (χ3v) is 2.23. The summed E-state index contributed by atoms with van der Waals surface area (Å²) in [4.78, 5) is 12.1. The predicted octanol–water partition coefficient (Wildman–Crippen LogP) is 2.33. The third-order valence-electron chi connectivity index (χ3n) is 2.09. The Morgan fingerprint density at radius 1 is 1.47 bits per heavy atom. The Hall–Kier alpha value is -1.42. The molecule has 0 unspecified atom stereocenters. The van der Waals surface area contributed by atoms with Crippen LogP contribution in [0.25, 0.3) is 0 Å². The first kappa shape index (κ1) is 13.6. The minimum absolute atomic E-state index is 0.302. The van der Waals surface area contributed by atoms with Crippen molar-refractivity contribution in [3.63, 3.8) is 0 Å². The highest BCUT2D eigenvalue weighted by molar-refractivity contribution is 7.80. The lowest BCUT2D eigenvalue weighted by Crippen LogP contribution is -2.13. The van der Waals surface area contributed by atoms with Gasteiger partial charge in [-0.3, -0.25) is 0 Å². The summed E-state index contributed by atoms with van der Waals surface area (Å²) in [5, 5.41) is 0. The Bertz CT molecular complexity index is 416. The number of hydrogen-bond acceptors (Lipinski definition) is 3. The maximum absolute atomic E-state index is 11.7. The van der Waals surface area contributed by atoms with Crippen molar-refractivity contribution in [3.8, 4) is 0 Å². The SMILES string of the molecule is CC(C)COC(=O)c1cccc(CC(N)=S)c1. The first-order chi connectivity index (χ1) is 7.99. The van der Waals surface area contributed by atoms with Crippen molar-refractivity contribution in [2.45, 2.75) is 20.3 Å². The molecule has 2 N–H and O–H groups in total. The zero-order valence-electron chi connectivity index (χ0n) is 10.1. The molecule has 0 radical (unpaired) electrons. The third kappa shape index (κ3) is 4.95. The fraction of sp³-hybridized carbons (Fsp3) is 0.385. The van der Waals surface area contributed by atoms with E-state index in [0.717, 1.165) is 5.56 Å². The van der Waals surface area contributed by atoms with E-state index in [0.29, 0.717) is 29.5 Å². The number of thiocarbonyl (C=S) groups is 1. The van der Waals surface area contributed by atoms with Gasteiger partial charge in [0, 0.05) is 6.42 Å². The van der Waals surface area contributed by atoms with Crippen LogP contribution < -0.4 is 5.73 Å². The van der Waals surface area contributed by atoms with E-state index in [-0.39, 0.29) is 5.97 Å². The van der Waals surface area contributed by atoms with Crippen LogP contribution in [0.15, 0.2) is 24.3 Å². The van der Waals surface area contributed by atoms with E-state index in [1.165, 1.54) is 0 Å². The normalized spacial score (nSPS) is 10.3. The van der Waals surface area contributed by atoms with Crippen molar-refractivity contribution in [1.29, 1.82) is 0 Å². The highest BCUT2D eigenvalue weighted by atomic mass is 32.1. The van der Waals surface area contributed by atoms with E-state index >= 15 is 0 Å². The smallest absolute Gasteiger partial charge is 0.338 e. The molecule has 0 fully saturated rings. The summed E-state index contributed by atoms with van der Waals surface area (Å²) in [6.07, 6.45) is 0.501. The Morgan fingerprint density at radius 3 is 2.76 bits per heavy atom. The molecule has 3 nitrogen and oxygen atoms in total. The molecule has 92 valence electrons. The lowest BCUT2D eigenvalue weighted by Gasteiger charge is -2.08. The second kappa shape index (κ2) is 6.35. The van der Waals surface area contributed by atoms with Gasteiger partial charge in [0.2, 0.25) is 0 Å². The Morgan fingerprint density at radius 2 is 2.18 bits per heavy atom. The lowest BCUT2D eigenvalue weighted by atomic mass is 10.1. The Balaban J connectivity index is 2.70. The molecule has 0 aliphatic rings. The zero-order valence-corrected chi connectivity index (χ0v) is 10.9. The number of carbonyl (C=O) groups excluding carboxylic acids is 1. The zero-order chi connectivity index (χ0) is 12.8. The molecular formula is C13H17NO2S. The van der Waals surface area contributed by atoms with Gasteiger partial charge in [0.25, 0.3) is 0 Å². The van der Waals surface area contributed by atoms with Crippen LogP contribution >= 0.6 is 12.2 Å². The molecule has 0 atom stereocenters. The largest absolute Gasteiger partial charge is 0.462 e. The van der Waals surface area contributed by atoms with Crippen molar-refractivity contribution in [1.82, 2.24) is 0 Å². The second-order valence-electron chi connectivity index (χ2n) is 4.34. The lowest BCUT2D eigenvalue weighted by molar-refractivity contribution is 0.0459. The average Bonchev–Trinajstić information content (AvgIpc) is 2.25. The number of hydrogen-bond donors (Lipinski definition) is 1. The van der Waals surface area contributed by atoms with Crippen molar-refractivity contribution < 1.29 is 9.53 Å². The summed E-state index contributed by atoms with van der Waals surface area (Å²) in [7, 11) is 0. The predicted molar refractivity (Wildman–Crippen MR) is 72.1 cm³/mol. The molecule has 0 saturated heterocycles. The number of benzene rings is 1. The molecule has 0 bridgehead atoms. The van der Waals surface area contributed by atoms with E-state index in [2.05, 4.69) is 0 Å². The van der Waals surface area contributed by atoms with Gasteiger partial charge in [0.1, 0.15) is 0 Å². The minimum atomic E-state index is -0.302. The molecule has 1 aromatic carbocycles. The molecule has 0 aliphatic carbocycles. The summed E-state index contributed by atoms with van der Waals surface area (Å²) < 4.78 is 5.15. The van der Waals surface area contributed by atoms with Crippen LogP contribution in [0.5, 0.6) is 0 Å². The molecular weight excluding hydrogens is 234 g/mol. The summed E-state index contributed by atoms with van der Waals surface area (Å²) in [6.45, 7) is 4.42. The molecule has 0 aliphatic heterocycles. The number of rotatable bonds is 5. The van der Waals surface area contributed by atoms with Gasteiger partial charge in [0.05, 0.1) is 17.2 Å². The first-order valence-corrected chi connectivity index (χ1v) is 5.94. The minimum Gasteiger partial charge on any atom is -0.462 e. The fourth-order valence-electron chi connectivity index (χ4n) is 1.34. The van der Waals surface area contributed by atoms with Gasteiger partial charge in [-0.05, 0) is 23.6 Å². The van der Waals surface area contributed by atoms with Crippen LogP contribution in [0, 0.1) is 5.92 Å². The molecule has 17 heavy (non-hydrogen) atoms. The van der Waals surface area contributed by atoms with Gasteiger partial charge in [0.15, 0.2) is 0 Å². The highest BCUT2D eigenvalue weighted by Crippen LogP contribution is 2.08. The summed E-state index contributed by atoms with van der Waals surface area (Å²) in [6, 6.07) is 7.19. The van der Waals surface area contributed by atoms with Crippen molar-refractivity contribution in [2.24, 2.45) is 11.7 Å². The molecule has 0 spiro atoms. The number of carbonyl (C=O) groups is 1. The van der Waals surface area contributed by atoms with Gasteiger partial charge in [-0.1, -0.05) is 38.2 Å². The van der Waals surface area contributed by atoms with Crippen molar-refractivity contribution in [2.75, 3.05) is 6.61 Å². The van der Waals surface area contributed by atoms with E-state index in [9.17, 15) is 4.79 Å². The fourth-order valence-corrected chi connectivity index (χ4v) is 1.50. The number of ether oxygens (including phenoxy) is 1. The van der Waals surface area contributed by atoms with Crippen LogP contribution in [-0.2, 0) is 11.2 Å². The van der Waals surface area contributed by atoms with Crippen molar-refractivity contribution in [3.05, 3.63) is 35.4 Å². The van der Waals surface area contributed by atoms with Gasteiger partial charge < -0.3 is 10.5 Å². The van der Waals surface area contributed by atoms with Gasteiger partial charge >= 0.3 is 5.97 Å². The molecule has 0 amide bonds. The van der Waals surface area contributed by atoms with Crippen LogP contribution in [0.1, 0.15) is 29.8 Å². The maximum Gasteiger partial charge on any atom is 0.338 e. The van der Waals surface area contributed by atoms with Gasteiger partial charge in [-0.2, -0.15) is 0 Å². The van der Waals surface area contributed by atoms with Crippen LogP contribution in [0.4, 0.5) is 0 Å². The molecule has 0 heterocycles. The molecule has 0 aromatic heterocycles. The summed E-state index contributed by atoms with van der Waals surface area (Å²) >= 11 is 4.83. The maximum atomic E-state index is 11.7. The van der Waals surface area contributed by atoms with Crippen LogP contribution in [0.3, 0.4) is 0 Å². The van der Waals surface area contributed by atoms with Crippen LogP contribution in [0.2, 0.25) is 0 Å². The number of nitrogens with two attached hydrogens (primary N) is 1. The van der Waals surface area contributed by atoms with Gasteiger partial charge in [-0.25, -0.2) is 4.79 Å². The molecule has 1 rings (SSSR count). The Kier molecular flexibility index (Phi) is 5.10. The average molecular weight is 251 g/mol. The Labute approximate surface area is 107 Å². The van der Waals surface area contributed by atoms with E-state index < -0.39 is 0 Å². The van der Waals surface area contributed by atoms with Crippen molar-refractivity contribution >= 4 is 23.2 Å². The summed E-state index contributed by atoms with van der Waals surface area (Å²) in [5.41, 5.74) is 6.93. The van der Waals surface area contributed by atoms with E-state index in [1.54, 1.807) is 18.2 Å². The van der Waals surface area contributed by atoms with Crippen LogP contribution in [-0.4, -0.2) is 17.6 Å². The highest BCUT2D eigenvalue weighted by Gasteiger charge is 2.08.